The first-order valence-electron chi connectivity index (χ1n) is 9.92. The predicted molar refractivity (Wildman–Crippen MR) is 121 cm³/mol. The second-order valence-electron chi connectivity index (χ2n) is 6.75. The van der Waals surface area contributed by atoms with Gasteiger partial charge < -0.3 is 28.6 Å². The van der Waals surface area contributed by atoms with Crippen molar-refractivity contribution in [3.05, 3.63) is 47.0 Å². The molecular formula is C23H28ClNO7. The van der Waals surface area contributed by atoms with Gasteiger partial charge in [-0.25, -0.2) is 4.79 Å². The van der Waals surface area contributed by atoms with Crippen molar-refractivity contribution in [1.29, 1.82) is 0 Å². The van der Waals surface area contributed by atoms with Crippen LogP contribution in [0.5, 0.6) is 17.2 Å². The molecule has 0 amide bonds. The van der Waals surface area contributed by atoms with Crippen molar-refractivity contribution < 1.29 is 33.3 Å². The van der Waals surface area contributed by atoms with Gasteiger partial charge in [0, 0.05) is 10.7 Å². The lowest BCUT2D eigenvalue weighted by molar-refractivity contribution is -0.144. The molecular weight excluding hydrogens is 438 g/mol. The highest BCUT2D eigenvalue weighted by molar-refractivity contribution is 6.30. The molecule has 174 valence electrons. The van der Waals surface area contributed by atoms with Gasteiger partial charge in [0.05, 0.1) is 28.4 Å². The average Bonchev–Trinajstić information content (AvgIpc) is 2.81. The Bertz CT molecular complexity index is 892. The Morgan fingerprint density at radius 1 is 0.969 bits per heavy atom. The molecule has 0 aromatic heterocycles. The fraction of sp³-hybridized carbons (Fsp3) is 0.391. The normalized spacial score (nSPS) is 11.3. The third kappa shape index (κ3) is 6.20. The zero-order valence-electron chi connectivity index (χ0n) is 18.8. The highest BCUT2D eigenvalue weighted by Crippen LogP contribution is 2.38. The lowest BCUT2D eigenvalue weighted by atomic mass is 10.1. The van der Waals surface area contributed by atoms with Gasteiger partial charge in [0.2, 0.25) is 5.75 Å². The summed E-state index contributed by atoms with van der Waals surface area (Å²) in [5.74, 6) is 0.397. The number of anilines is 1. The second-order valence-corrected chi connectivity index (χ2v) is 7.18. The number of hydrogen-bond donors (Lipinski definition) is 0. The van der Waals surface area contributed by atoms with Crippen molar-refractivity contribution in [3.63, 3.8) is 0 Å². The molecule has 0 aliphatic heterocycles. The van der Waals surface area contributed by atoms with E-state index in [1.165, 1.54) is 28.4 Å². The SMILES string of the molecule is CC[C@H](C(=O)OC)N(CC(=O)OCc1cc(OC)c(OC)c(OC)c1)c1ccc(Cl)cc1. The zero-order chi connectivity index (χ0) is 23.7. The number of ether oxygens (including phenoxy) is 5. The van der Waals surface area contributed by atoms with Gasteiger partial charge in [-0.1, -0.05) is 18.5 Å². The Labute approximate surface area is 192 Å². The summed E-state index contributed by atoms with van der Waals surface area (Å²) >= 11 is 5.98. The molecule has 0 saturated carbocycles. The molecule has 32 heavy (non-hydrogen) atoms. The third-order valence-corrected chi connectivity index (χ3v) is 5.07. The number of benzene rings is 2. The molecule has 0 heterocycles. The van der Waals surface area contributed by atoms with Crippen molar-refractivity contribution in [1.82, 2.24) is 0 Å². The largest absolute Gasteiger partial charge is 0.493 e. The Morgan fingerprint density at radius 2 is 1.56 bits per heavy atom. The maximum atomic E-state index is 12.7. The van der Waals surface area contributed by atoms with Crippen LogP contribution in [0.1, 0.15) is 18.9 Å². The Hall–Kier alpha value is -3.13. The first kappa shape index (κ1) is 25.1. The smallest absolute Gasteiger partial charge is 0.328 e. The molecule has 0 unspecified atom stereocenters. The molecule has 0 aliphatic carbocycles. The van der Waals surface area contributed by atoms with Crippen LogP contribution in [-0.4, -0.2) is 53.0 Å². The van der Waals surface area contributed by atoms with Crippen LogP contribution < -0.4 is 19.1 Å². The lowest BCUT2D eigenvalue weighted by Gasteiger charge is -2.30. The molecule has 2 aromatic carbocycles. The summed E-state index contributed by atoms with van der Waals surface area (Å²) < 4.78 is 26.3. The minimum Gasteiger partial charge on any atom is -0.493 e. The first-order chi connectivity index (χ1) is 15.4. The monoisotopic (exact) mass is 465 g/mol. The Kier molecular flexibility index (Phi) is 9.46. The van der Waals surface area contributed by atoms with Gasteiger partial charge in [-0.3, -0.25) is 4.79 Å². The molecule has 0 saturated heterocycles. The van der Waals surface area contributed by atoms with Crippen LogP contribution >= 0.6 is 11.6 Å². The molecule has 8 nitrogen and oxygen atoms in total. The predicted octanol–water partition coefficient (Wildman–Crippen LogP) is 3.87. The van der Waals surface area contributed by atoms with Crippen LogP contribution in [0.15, 0.2) is 36.4 Å². The van der Waals surface area contributed by atoms with E-state index in [4.69, 9.17) is 35.3 Å². The minimum absolute atomic E-state index is 0.0149. The summed E-state index contributed by atoms with van der Waals surface area (Å²) in [7, 11) is 5.84. The quantitative estimate of drug-likeness (QED) is 0.462. The fourth-order valence-corrected chi connectivity index (χ4v) is 3.36. The molecule has 9 heteroatoms. The second kappa shape index (κ2) is 12.0. The van der Waals surface area contributed by atoms with Crippen molar-refractivity contribution in [2.24, 2.45) is 0 Å². The molecule has 0 aliphatic rings. The summed E-state index contributed by atoms with van der Waals surface area (Å²) in [6, 6.07) is 9.60. The van der Waals surface area contributed by atoms with E-state index >= 15 is 0 Å². The van der Waals surface area contributed by atoms with Gasteiger partial charge in [0.1, 0.15) is 19.2 Å². The van der Waals surface area contributed by atoms with E-state index in [-0.39, 0.29) is 13.2 Å². The molecule has 0 bridgehead atoms. The van der Waals surface area contributed by atoms with Gasteiger partial charge in [-0.2, -0.15) is 0 Å². The van der Waals surface area contributed by atoms with Gasteiger partial charge >= 0.3 is 11.9 Å². The number of methoxy groups -OCH3 is 4. The molecule has 0 radical (unpaired) electrons. The standard InChI is InChI=1S/C23H28ClNO7/c1-6-18(23(27)31-5)25(17-9-7-16(24)8-10-17)13-21(26)32-14-15-11-19(28-2)22(30-4)20(12-15)29-3/h7-12,18H,6,13-14H2,1-5H3/t18-/m1/s1. The zero-order valence-corrected chi connectivity index (χ0v) is 19.6. The van der Waals surface area contributed by atoms with E-state index in [0.29, 0.717) is 39.9 Å². The van der Waals surface area contributed by atoms with Gasteiger partial charge in [0.15, 0.2) is 11.5 Å². The topological polar surface area (TPSA) is 83.5 Å². The number of hydrogen-bond acceptors (Lipinski definition) is 8. The van der Waals surface area contributed by atoms with Crippen LogP contribution in [0.3, 0.4) is 0 Å². The van der Waals surface area contributed by atoms with Crippen LogP contribution in [0.2, 0.25) is 5.02 Å². The Balaban J connectivity index is 2.20. The molecule has 1 atom stereocenters. The van der Waals surface area contributed by atoms with Crippen LogP contribution in [0.4, 0.5) is 5.69 Å². The molecule has 0 spiro atoms. The lowest BCUT2D eigenvalue weighted by Crippen LogP contribution is -2.45. The number of halogens is 1. The van der Waals surface area contributed by atoms with E-state index in [2.05, 4.69) is 0 Å². The highest BCUT2D eigenvalue weighted by atomic mass is 35.5. The third-order valence-electron chi connectivity index (χ3n) is 4.82. The van der Waals surface area contributed by atoms with Crippen molar-refractivity contribution in [2.75, 3.05) is 39.9 Å². The van der Waals surface area contributed by atoms with E-state index in [9.17, 15) is 9.59 Å². The van der Waals surface area contributed by atoms with E-state index < -0.39 is 18.0 Å². The number of nitrogens with zero attached hydrogens (tertiary/aromatic N) is 1. The van der Waals surface area contributed by atoms with Crippen molar-refractivity contribution in [3.8, 4) is 17.2 Å². The molecule has 0 fully saturated rings. The van der Waals surface area contributed by atoms with E-state index in [0.717, 1.165) is 0 Å². The maximum absolute atomic E-state index is 12.7. The van der Waals surface area contributed by atoms with E-state index in [1.807, 2.05) is 6.92 Å². The summed E-state index contributed by atoms with van der Waals surface area (Å²) in [5.41, 5.74) is 1.31. The van der Waals surface area contributed by atoms with Crippen LogP contribution in [0, 0.1) is 0 Å². The summed E-state index contributed by atoms with van der Waals surface area (Å²) in [6.07, 6.45) is 0.440. The average molecular weight is 466 g/mol. The van der Waals surface area contributed by atoms with Crippen LogP contribution in [0.25, 0.3) is 0 Å². The Morgan fingerprint density at radius 3 is 2.03 bits per heavy atom. The molecule has 0 N–H and O–H groups in total. The number of rotatable bonds is 11. The first-order valence-corrected chi connectivity index (χ1v) is 10.3. The van der Waals surface area contributed by atoms with Crippen LogP contribution in [-0.2, 0) is 25.7 Å². The number of carbonyl (C=O) groups is 2. The maximum Gasteiger partial charge on any atom is 0.328 e. The summed E-state index contributed by atoms with van der Waals surface area (Å²) in [6.45, 7) is 1.67. The van der Waals surface area contributed by atoms with Gasteiger partial charge in [0.25, 0.3) is 0 Å². The van der Waals surface area contributed by atoms with Gasteiger partial charge in [-0.15, -0.1) is 0 Å². The van der Waals surface area contributed by atoms with Gasteiger partial charge in [-0.05, 0) is 48.4 Å². The number of esters is 2. The minimum atomic E-state index is -0.657. The highest BCUT2D eigenvalue weighted by Gasteiger charge is 2.28. The van der Waals surface area contributed by atoms with E-state index in [1.54, 1.807) is 41.3 Å². The number of carbonyl (C=O) groups excluding carboxylic acids is 2. The van der Waals surface area contributed by atoms with Crippen molar-refractivity contribution >= 4 is 29.2 Å². The molecule has 2 aromatic rings. The summed E-state index contributed by atoms with van der Waals surface area (Å²) in [5, 5.41) is 0.546. The molecule has 2 rings (SSSR count). The van der Waals surface area contributed by atoms with Crippen molar-refractivity contribution in [2.45, 2.75) is 26.0 Å². The summed E-state index contributed by atoms with van der Waals surface area (Å²) in [4.78, 5) is 26.6. The fourth-order valence-electron chi connectivity index (χ4n) is 3.23.